The molecule has 78 valence electrons. The van der Waals surface area contributed by atoms with E-state index in [-0.39, 0.29) is 0 Å². The van der Waals surface area contributed by atoms with Crippen molar-refractivity contribution in [2.24, 2.45) is 0 Å². The fraction of sp³-hybridized carbons (Fsp3) is 0.556. The van der Waals surface area contributed by atoms with Gasteiger partial charge in [-0.2, -0.15) is 0 Å². The fourth-order valence-electron chi connectivity index (χ4n) is 1.11. The van der Waals surface area contributed by atoms with Crippen LogP contribution in [0, 0.1) is 5.41 Å². The summed E-state index contributed by atoms with van der Waals surface area (Å²) in [4.78, 5) is 7.36. The van der Waals surface area contributed by atoms with Crippen LogP contribution in [0.5, 0.6) is 0 Å². The van der Waals surface area contributed by atoms with Crippen molar-refractivity contribution in [3.8, 4) is 0 Å². The second-order valence-corrected chi connectivity index (χ2v) is 3.38. The lowest BCUT2D eigenvalue weighted by molar-refractivity contribution is 0.594. The first kappa shape index (κ1) is 10.7. The van der Waals surface area contributed by atoms with E-state index in [1.807, 2.05) is 7.05 Å². The Labute approximate surface area is 83.8 Å². The highest BCUT2D eigenvalue weighted by molar-refractivity contribution is 5.89. The van der Waals surface area contributed by atoms with Gasteiger partial charge in [0.15, 0.2) is 0 Å². The average Bonchev–Trinajstić information content (AvgIpc) is 2.51. The van der Waals surface area contributed by atoms with Crippen LogP contribution in [0.3, 0.4) is 0 Å². The molecule has 0 aromatic carbocycles. The summed E-state index contributed by atoms with van der Waals surface area (Å²) < 4.78 is 0. The molecule has 1 unspecified atom stereocenters. The Morgan fingerprint density at radius 3 is 3.00 bits per heavy atom. The molecule has 0 aliphatic heterocycles. The molecule has 0 aliphatic carbocycles. The average molecular weight is 195 g/mol. The molecule has 0 aliphatic rings. The van der Waals surface area contributed by atoms with E-state index in [9.17, 15) is 0 Å². The molecule has 1 aromatic rings. The van der Waals surface area contributed by atoms with E-state index in [1.165, 1.54) is 0 Å². The first-order valence-electron chi connectivity index (χ1n) is 4.65. The van der Waals surface area contributed by atoms with Crippen molar-refractivity contribution in [3.05, 3.63) is 12.0 Å². The van der Waals surface area contributed by atoms with Gasteiger partial charge in [0.2, 0.25) is 0 Å². The number of hydrogen-bond donors (Lipinski definition) is 4. The SMILES string of the molecule is CNC(C)Cc1nc(NC(C)=N)c[nH]1. The Kier molecular flexibility index (Phi) is 3.64. The minimum Gasteiger partial charge on any atom is -0.347 e. The molecule has 0 amide bonds. The third-order valence-corrected chi connectivity index (χ3v) is 1.94. The zero-order valence-electron chi connectivity index (χ0n) is 8.81. The maximum atomic E-state index is 7.24. The lowest BCUT2D eigenvalue weighted by Crippen LogP contribution is -2.24. The Hall–Kier alpha value is -1.36. The van der Waals surface area contributed by atoms with Crippen molar-refractivity contribution in [3.63, 3.8) is 0 Å². The number of nitrogens with zero attached hydrogens (tertiary/aromatic N) is 1. The van der Waals surface area contributed by atoms with Gasteiger partial charge in [0.05, 0.1) is 5.84 Å². The largest absolute Gasteiger partial charge is 0.347 e. The predicted octanol–water partition coefficient (Wildman–Crippen LogP) is 0.969. The van der Waals surface area contributed by atoms with Gasteiger partial charge in [-0.15, -0.1) is 0 Å². The van der Waals surface area contributed by atoms with Crippen LogP contribution < -0.4 is 10.6 Å². The van der Waals surface area contributed by atoms with Gasteiger partial charge < -0.3 is 15.6 Å². The van der Waals surface area contributed by atoms with Gasteiger partial charge in [0.25, 0.3) is 0 Å². The molecule has 1 atom stereocenters. The van der Waals surface area contributed by atoms with E-state index in [0.29, 0.717) is 17.7 Å². The number of H-pyrrole nitrogens is 1. The lowest BCUT2D eigenvalue weighted by atomic mass is 10.2. The molecule has 14 heavy (non-hydrogen) atoms. The standard InChI is InChI=1S/C9H17N5/c1-6(11-3)4-8-12-5-9(14-8)13-7(2)10/h5-6,11H,4H2,1-3H3,(H2,10,13)(H,12,14). The second-order valence-electron chi connectivity index (χ2n) is 3.38. The normalized spacial score (nSPS) is 12.5. The van der Waals surface area contributed by atoms with Gasteiger partial charge in [-0.05, 0) is 20.9 Å². The summed E-state index contributed by atoms with van der Waals surface area (Å²) in [5.41, 5.74) is 0. The van der Waals surface area contributed by atoms with Gasteiger partial charge in [-0.25, -0.2) is 4.98 Å². The summed E-state index contributed by atoms with van der Waals surface area (Å²) in [6, 6.07) is 0.398. The summed E-state index contributed by atoms with van der Waals surface area (Å²) in [6.45, 7) is 3.78. The number of aromatic amines is 1. The van der Waals surface area contributed by atoms with Crippen LogP contribution in [0.4, 0.5) is 5.82 Å². The third kappa shape index (κ3) is 3.18. The fourth-order valence-corrected chi connectivity index (χ4v) is 1.11. The van der Waals surface area contributed by atoms with Crippen LogP contribution in [0.25, 0.3) is 0 Å². The summed E-state index contributed by atoms with van der Waals surface area (Å²) in [5.74, 6) is 2.02. The van der Waals surface area contributed by atoms with Gasteiger partial charge in [-0.1, -0.05) is 0 Å². The maximum absolute atomic E-state index is 7.24. The first-order valence-corrected chi connectivity index (χ1v) is 4.65. The van der Waals surface area contributed by atoms with E-state index in [2.05, 4.69) is 27.5 Å². The van der Waals surface area contributed by atoms with Crippen molar-refractivity contribution in [2.45, 2.75) is 26.3 Å². The molecule has 0 fully saturated rings. The van der Waals surface area contributed by atoms with E-state index in [0.717, 1.165) is 12.2 Å². The summed E-state index contributed by atoms with van der Waals surface area (Å²) in [6.07, 6.45) is 2.63. The number of nitrogens with one attached hydrogen (secondary N) is 4. The molecule has 1 heterocycles. The second kappa shape index (κ2) is 4.76. The number of rotatable bonds is 4. The van der Waals surface area contributed by atoms with Gasteiger partial charge in [-0.3, -0.25) is 5.41 Å². The molecule has 5 nitrogen and oxygen atoms in total. The number of anilines is 1. The van der Waals surface area contributed by atoms with Gasteiger partial charge >= 0.3 is 0 Å². The number of amidine groups is 1. The van der Waals surface area contributed by atoms with E-state index in [1.54, 1.807) is 13.1 Å². The van der Waals surface area contributed by atoms with Crippen LogP contribution in [0.2, 0.25) is 0 Å². The van der Waals surface area contributed by atoms with Gasteiger partial charge in [0.1, 0.15) is 11.6 Å². The van der Waals surface area contributed by atoms with E-state index >= 15 is 0 Å². The minimum absolute atomic E-state index is 0.393. The molecule has 1 aromatic heterocycles. The Morgan fingerprint density at radius 1 is 1.71 bits per heavy atom. The summed E-state index contributed by atoms with van der Waals surface area (Å²) >= 11 is 0. The zero-order chi connectivity index (χ0) is 10.6. The van der Waals surface area contributed by atoms with Crippen molar-refractivity contribution in [1.82, 2.24) is 15.3 Å². The molecular formula is C9H17N5. The maximum Gasteiger partial charge on any atom is 0.149 e. The highest BCUT2D eigenvalue weighted by Gasteiger charge is 2.04. The molecule has 0 saturated carbocycles. The Balaban J connectivity index is 2.54. The minimum atomic E-state index is 0.393. The van der Waals surface area contributed by atoms with Crippen LogP contribution in [0.1, 0.15) is 19.7 Å². The van der Waals surface area contributed by atoms with Crippen molar-refractivity contribution >= 4 is 11.7 Å². The third-order valence-electron chi connectivity index (χ3n) is 1.94. The molecule has 0 bridgehead atoms. The highest BCUT2D eigenvalue weighted by Crippen LogP contribution is 2.04. The van der Waals surface area contributed by atoms with Crippen LogP contribution in [-0.2, 0) is 6.42 Å². The Bertz CT molecular complexity index is 304. The molecule has 0 spiro atoms. The molecule has 1 rings (SSSR count). The monoisotopic (exact) mass is 195 g/mol. The zero-order valence-corrected chi connectivity index (χ0v) is 8.81. The van der Waals surface area contributed by atoms with Crippen molar-refractivity contribution < 1.29 is 0 Å². The van der Waals surface area contributed by atoms with Gasteiger partial charge in [0, 0.05) is 18.7 Å². The molecule has 4 N–H and O–H groups in total. The topological polar surface area (TPSA) is 76.6 Å². The summed E-state index contributed by atoms with van der Waals surface area (Å²) in [5, 5.41) is 13.2. The first-order chi connectivity index (χ1) is 6.61. The Morgan fingerprint density at radius 2 is 2.43 bits per heavy atom. The number of hydrogen-bond acceptors (Lipinski definition) is 3. The smallest absolute Gasteiger partial charge is 0.149 e. The number of aromatic nitrogens is 2. The predicted molar refractivity (Wildman–Crippen MR) is 57.8 cm³/mol. The summed E-state index contributed by atoms with van der Waals surface area (Å²) in [7, 11) is 1.93. The van der Waals surface area contributed by atoms with Crippen molar-refractivity contribution in [1.29, 1.82) is 5.41 Å². The van der Waals surface area contributed by atoms with E-state index in [4.69, 9.17) is 5.41 Å². The molecule has 0 radical (unpaired) electrons. The van der Waals surface area contributed by atoms with Crippen LogP contribution >= 0.6 is 0 Å². The molecule has 5 heteroatoms. The quantitative estimate of drug-likeness (QED) is 0.427. The van der Waals surface area contributed by atoms with Crippen LogP contribution in [0.15, 0.2) is 6.20 Å². The van der Waals surface area contributed by atoms with Crippen molar-refractivity contribution in [2.75, 3.05) is 12.4 Å². The van der Waals surface area contributed by atoms with E-state index < -0.39 is 0 Å². The highest BCUT2D eigenvalue weighted by atomic mass is 15.1. The van der Waals surface area contributed by atoms with Crippen LogP contribution in [-0.4, -0.2) is 28.9 Å². The number of imidazole rings is 1. The number of likely N-dealkylation sites (N-methyl/N-ethyl adjacent to an activating group) is 1. The molecular weight excluding hydrogens is 178 g/mol. The molecule has 0 saturated heterocycles. The lowest BCUT2D eigenvalue weighted by Gasteiger charge is -2.06.